The van der Waals surface area contributed by atoms with Gasteiger partial charge in [-0.3, -0.25) is 14.0 Å². The van der Waals surface area contributed by atoms with Crippen LogP contribution in [0, 0.1) is 6.92 Å². The molecule has 3 heterocycles. The number of para-hydroxylation sites is 1. The lowest BCUT2D eigenvalue weighted by molar-refractivity contribution is 0.0713. The molecule has 1 aromatic carbocycles. The third-order valence-electron chi connectivity index (χ3n) is 4.69. The highest BCUT2D eigenvalue weighted by molar-refractivity contribution is 5.93. The molecule has 0 saturated carbocycles. The zero-order valence-electron chi connectivity index (χ0n) is 14.2. The standard InChI is InChI=1S/C19H21N5O/c1-15-10-21-22(12-15)13-17-8-5-9-23(17)19(25)18-11-20-14-24(18)16-6-3-2-4-7-16/h2-4,6-7,10-12,14,17H,5,8-9,13H2,1H3. The minimum atomic E-state index is 0.0349. The summed E-state index contributed by atoms with van der Waals surface area (Å²) in [7, 11) is 0. The van der Waals surface area contributed by atoms with Crippen molar-refractivity contribution in [3.63, 3.8) is 0 Å². The SMILES string of the molecule is Cc1cnn(CC2CCCN2C(=O)c2cncn2-c2ccccc2)c1. The van der Waals surface area contributed by atoms with Gasteiger partial charge >= 0.3 is 0 Å². The van der Waals surface area contributed by atoms with Gasteiger partial charge in [0.25, 0.3) is 5.91 Å². The summed E-state index contributed by atoms with van der Waals surface area (Å²) >= 11 is 0. The van der Waals surface area contributed by atoms with Gasteiger partial charge in [0.2, 0.25) is 0 Å². The second-order valence-electron chi connectivity index (χ2n) is 6.52. The van der Waals surface area contributed by atoms with Crippen LogP contribution in [0.25, 0.3) is 5.69 Å². The van der Waals surface area contributed by atoms with Crippen LogP contribution in [0.5, 0.6) is 0 Å². The molecule has 1 amide bonds. The smallest absolute Gasteiger partial charge is 0.272 e. The maximum atomic E-state index is 13.1. The van der Waals surface area contributed by atoms with Crippen LogP contribution in [0.1, 0.15) is 28.9 Å². The van der Waals surface area contributed by atoms with Gasteiger partial charge in [-0.2, -0.15) is 5.10 Å². The number of aryl methyl sites for hydroxylation is 1. The molecule has 6 nitrogen and oxygen atoms in total. The number of amides is 1. The van der Waals surface area contributed by atoms with Gasteiger partial charge < -0.3 is 4.90 Å². The number of likely N-dealkylation sites (tertiary alicyclic amines) is 1. The van der Waals surface area contributed by atoms with Crippen molar-refractivity contribution in [3.05, 3.63) is 66.5 Å². The maximum Gasteiger partial charge on any atom is 0.272 e. The molecule has 1 aliphatic heterocycles. The Kier molecular flexibility index (Phi) is 4.09. The quantitative estimate of drug-likeness (QED) is 0.736. The highest BCUT2D eigenvalue weighted by atomic mass is 16.2. The molecular weight excluding hydrogens is 314 g/mol. The first-order valence-corrected chi connectivity index (χ1v) is 8.60. The average Bonchev–Trinajstić information content (AvgIpc) is 3.36. The van der Waals surface area contributed by atoms with Gasteiger partial charge in [-0.1, -0.05) is 18.2 Å². The minimum Gasteiger partial charge on any atom is -0.332 e. The van der Waals surface area contributed by atoms with Crippen LogP contribution < -0.4 is 0 Å². The van der Waals surface area contributed by atoms with Gasteiger partial charge in [0.15, 0.2) is 0 Å². The van der Waals surface area contributed by atoms with Crippen molar-refractivity contribution >= 4 is 5.91 Å². The molecule has 1 fully saturated rings. The Morgan fingerprint density at radius 1 is 1.24 bits per heavy atom. The zero-order chi connectivity index (χ0) is 17.2. The van der Waals surface area contributed by atoms with E-state index in [2.05, 4.69) is 10.1 Å². The van der Waals surface area contributed by atoms with Crippen molar-refractivity contribution in [2.24, 2.45) is 0 Å². The summed E-state index contributed by atoms with van der Waals surface area (Å²) in [5, 5.41) is 4.36. The van der Waals surface area contributed by atoms with Gasteiger partial charge in [0.05, 0.1) is 31.3 Å². The monoisotopic (exact) mass is 335 g/mol. The van der Waals surface area contributed by atoms with Crippen molar-refractivity contribution in [1.82, 2.24) is 24.2 Å². The van der Waals surface area contributed by atoms with Gasteiger partial charge in [0.1, 0.15) is 5.69 Å². The molecule has 1 atom stereocenters. The molecule has 1 saturated heterocycles. The van der Waals surface area contributed by atoms with E-state index >= 15 is 0 Å². The molecule has 128 valence electrons. The third kappa shape index (κ3) is 3.07. The van der Waals surface area contributed by atoms with Crippen LogP contribution in [0.3, 0.4) is 0 Å². The van der Waals surface area contributed by atoms with Crippen LogP contribution in [0.4, 0.5) is 0 Å². The van der Waals surface area contributed by atoms with Gasteiger partial charge in [-0.25, -0.2) is 4.98 Å². The Morgan fingerprint density at radius 3 is 2.84 bits per heavy atom. The number of benzene rings is 1. The maximum absolute atomic E-state index is 13.1. The van der Waals surface area contributed by atoms with Crippen molar-refractivity contribution in [2.75, 3.05) is 6.54 Å². The Bertz CT molecular complexity index is 867. The van der Waals surface area contributed by atoms with Crippen molar-refractivity contribution in [2.45, 2.75) is 32.4 Å². The second-order valence-corrected chi connectivity index (χ2v) is 6.52. The predicted octanol–water partition coefficient (Wildman–Crippen LogP) is 2.68. The van der Waals surface area contributed by atoms with Crippen LogP contribution in [0.2, 0.25) is 0 Å². The summed E-state index contributed by atoms with van der Waals surface area (Å²) in [6.45, 7) is 3.54. The molecule has 3 aromatic rings. The molecule has 6 heteroatoms. The molecule has 4 rings (SSSR count). The molecule has 25 heavy (non-hydrogen) atoms. The predicted molar refractivity (Wildman–Crippen MR) is 94.6 cm³/mol. The van der Waals surface area contributed by atoms with E-state index in [1.54, 1.807) is 12.5 Å². The summed E-state index contributed by atoms with van der Waals surface area (Å²) in [4.78, 5) is 19.3. The van der Waals surface area contributed by atoms with Crippen molar-refractivity contribution < 1.29 is 4.79 Å². The lowest BCUT2D eigenvalue weighted by Gasteiger charge is -2.25. The average molecular weight is 335 g/mol. The summed E-state index contributed by atoms with van der Waals surface area (Å²) < 4.78 is 3.79. The van der Waals surface area contributed by atoms with Crippen LogP contribution in [-0.2, 0) is 6.54 Å². The fourth-order valence-corrected chi connectivity index (χ4v) is 3.47. The normalized spacial score (nSPS) is 17.2. The van der Waals surface area contributed by atoms with Crippen molar-refractivity contribution in [1.29, 1.82) is 0 Å². The number of carbonyl (C=O) groups is 1. The third-order valence-corrected chi connectivity index (χ3v) is 4.69. The molecule has 0 N–H and O–H groups in total. The number of nitrogens with zero attached hydrogens (tertiary/aromatic N) is 5. The largest absolute Gasteiger partial charge is 0.332 e. The van der Waals surface area contributed by atoms with Gasteiger partial charge in [0, 0.05) is 18.4 Å². The van der Waals surface area contributed by atoms with E-state index in [1.807, 2.05) is 63.8 Å². The number of aromatic nitrogens is 4. The summed E-state index contributed by atoms with van der Waals surface area (Å²) in [5.74, 6) is 0.0349. The fourth-order valence-electron chi connectivity index (χ4n) is 3.47. The number of imidazole rings is 1. The molecule has 0 radical (unpaired) electrons. The number of hydrogen-bond donors (Lipinski definition) is 0. The van der Waals surface area contributed by atoms with E-state index in [9.17, 15) is 4.79 Å². The minimum absolute atomic E-state index is 0.0349. The molecule has 2 aromatic heterocycles. The molecule has 1 unspecified atom stereocenters. The first-order valence-electron chi connectivity index (χ1n) is 8.60. The molecular formula is C19H21N5O. The summed E-state index contributed by atoms with van der Waals surface area (Å²) in [5.41, 5.74) is 2.69. The van der Waals surface area contributed by atoms with E-state index in [0.717, 1.165) is 37.2 Å². The number of rotatable bonds is 4. The lowest BCUT2D eigenvalue weighted by Crippen LogP contribution is -2.39. The Labute approximate surface area is 146 Å². The van der Waals surface area contributed by atoms with Crippen LogP contribution >= 0.6 is 0 Å². The van der Waals surface area contributed by atoms with Crippen LogP contribution in [-0.4, -0.2) is 42.7 Å². The van der Waals surface area contributed by atoms with E-state index in [4.69, 9.17) is 0 Å². The summed E-state index contributed by atoms with van der Waals surface area (Å²) in [6, 6.07) is 10.0. The van der Waals surface area contributed by atoms with E-state index in [-0.39, 0.29) is 11.9 Å². The summed E-state index contributed by atoms with van der Waals surface area (Å²) in [6.07, 6.45) is 9.26. The topological polar surface area (TPSA) is 56.0 Å². The van der Waals surface area contributed by atoms with E-state index < -0.39 is 0 Å². The Morgan fingerprint density at radius 2 is 2.08 bits per heavy atom. The molecule has 0 spiro atoms. The van der Waals surface area contributed by atoms with Gasteiger partial charge in [-0.05, 0) is 37.5 Å². The van der Waals surface area contributed by atoms with E-state index in [0.29, 0.717) is 5.69 Å². The number of carbonyl (C=O) groups excluding carboxylic acids is 1. The highest BCUT2D eigenvalue weighted by Gasteiger charge is 2.31. The molecule has 0 aliphatic carbocycles. The second kappa shape index (κ2) is 6.55. The van der Waals surface area contributed by atoms with Crippen LogP contribution in [0.15, 0.2) is 55.2 Å². The first-order chi connectivity index (χ1) is 12.2. The lowest BCUT2D eigenvalue weighted by atomic mass is 10.2. The highest BCUT2D eigenvalue weighted by Crippen LogP contribution is 2.22. The van der Waals surface area contributed by atoms with Crippen molar-refractivity contribution in [3.8, 4) is 5.69 Å². The van der Waals surface area contributed by atoms with E-state index in [1.165, 1.54) is 0 Å². The molecule has 0 bridgehead atoms. The number of hydrogen-bond acceptors (Lipinski definition) is 3. The molecule has 1 aliphatic rings. The first kappa shape index (κ1) is 15.6. The Hall–Kier alpha value is -2.89. The van der Waals surface area contributed by atoms with Gasteiger partial charge in [-0.15, -0.1) is 0 Å². The fraction of sp³-hybridized carbons (Fsp3) is 0.316. The Balaban J connectivity index is 1.57. The zero-order valence-corrected chi connectivity index (χ0v) is 14.2.